The number of nitrogens with one attached hydrogen (secondary N) is 1. The molecule has 7 nitrogen and oxygen atoms in total. The summed E-state index contributed by atoms with van der Waals surface area (Å²) in [6.45, 7) is 0. The Hall–Kier alpha value is -2.70. The molecule has 3 N–H and O–H groups in total. The summed E-state index contributed by atoms with van der Waals surface area (Å²) in [4.78, 5) is 19.4. The largest absolute Gasteiger partial charge is 0.380 e. The van der Waals surface area contributed by atoms with Crippen LogP contribution in [0.5, 0.6) is 0 Å². The topological polar surface area (TPSA) is 114 Å². The van der Waals surface area contributed by atoms with E-state index in [9.17, 15) is 0 Å². The van der Waals surface area contributed by atoms with Gasteiger partial charge in [-0.15, -0.1) is 0 Å². The van der Waals surface area contributed by atoms with Crippen LogP contribution in [0.2, 0.25) is 0 Å². The Morgan fingerprint density at radius 2 is 1.94 bits per heavy atom. The van der Waals surface area contributed by atoms with E-state index in [1.54, 1.807) is 24.5 Å². The Morgan fingerprint density at radius 3 is 2.59 bits per heavy atom. The average molecular weight is 227 g/mol. The van der Waals surface area contributed by atoms with Crippen LogP contribution in [0.4, 0.5) is 0 Å². The molecule has 84 valence electrons. The molecule has 17 heavy (non-hydrogen) atoms. The second kappa shape index (κ2) is 4.88. The lowest BCUT2D eigenvalue weighted by Gasteiger charge is -1.99. The Kier molecular flexibility index (Phi) is 3.10. The predicted molar refractivity (Wildman–Crippen MR) is 61.6 cm³/mol. The highest BCUT2D eigenvalue weighted by atomic mass is 15.0. The molecule has 0 amide bonds. The maximum Gasteiger partial charge on any atom is 0.195 e. The molecular formula is C10H9N7. The van der Waals surface area contributed by atoms with Gasteiger partial charge in [0.05, 0.1) is 0 Å². The summed E-state index contributed by atoms with van der Waals surface area (Å²) in [6.07, 6.45) is 5.98. The van der Waals surface area contributed by atoms with E-state index < -0.39 is 0 Å². The van der Waals surface area contributed by atoms with Gasteiger partial charge in [0.25, 0.3) is 0 Å². The van der Waals surface area contributed by atoms with Gasteiger partial charge in [-0.3, -0.25) is 5.41 Å². The van der Waals surface area contributed by atoms with Crippen LogP contribution in [0.15, 0.2) is 42.0 Å². The Bertz CT molecular complexity index is 535. The summed E-state index contributed by atoms with van der Waals surface area (Å²) >= 11 is 0. The molecule has 0 aromatic carbocycles. The van der Waals surface area contributed by atoms with Crippen LogP contribution < -0.4 is 5.73 Å². The van der Waals surface area contributed by atoms with Crippen molar-refractivity contribution in [3.8, 4) is 0 Å². The molecule has 2 heterocycles. The second-order valence-electron chi connectivity index (χ2n) is 3.01. The minimum absolute atomic E-state index is 0.0580. The number of rotatable bonds is 2. The molecule has 0 saturated heterocycles. The van der Waals surface area contributed by atoms with Gasteiger partial charge in [0.1, 0.15) is 12.0 Å². The fourth-order valence-corrected chi connectivity index (χ4v) is 1.09. The molecule has 2 aromatic rings. The normalized spacial score (nSPS) is 11.2. The number of nitrogens with two attached hydrogens (primary N) is 1. The molecule has 0 unspecified atom stereocenters. The SMILES string of the molecule is N=C(N=C(N)c1ncccn1)c1ccncn1. The quantitative estimate of drug-likeness (QED) is 0.553. The Balaban J connectivity index is 2.24. The number of hydrogen-bond acceptors (Lipinski definition) is 5. The molecule has 0 spiro atoms. The number of hydrogen-bond donors (Lipinski definition) is 2. The number of nitrogens with zero attached hydrogens (tertiary/aromatic N) is 5. The van der Waals surface area contributed by atoms with Gasteiger partial charge in [-0.2, -0.15) is 0 Å². The highest BCUT2D eigenvalue weighted by Crippen LogP contribution is 1.96. The third-order valence-electron chi connectivity index (χ3n) is 1.85. The van der Waals surface area contributed by atoms with E-state index in [1.807, 2.05) is 0 Å². The lowest BCUT2D eigenvalue weighted by molar-refractivity contribution is 1.11. The van der Waals surface area contributed by atoms with Crippen LogP contribution in [0, 0.1) is 5.41 Å². The molecule has 0 radical (unpaired) electrons. The lowest BCUT2D eigenvalue weighted by Crippen LogP contribution is -2.19. The maximum atomic E-state index is 7.70. The molecule has 0 aliphatic rings. The Labute approximate surface area is 97.0 Å². The fourth-order valence-electron chi connectivity index (χ4n) is 1.09. The van der Waals surface area contributed by atoms with E-state index in [1.165, 1.54) is 12.5 Å². The second-order valence-corrected chi connectivity index (χ2v) is 3.01. The number of aromatic nitrogens is 4. The monoisotopic (exact) mass is 227 g/mol. The predicted octanol–water partition coefficient (Wildman–Crippen LogP) is -0.00253. The first-order valence-corrected chi connectivity index (χ1v) is 4.74. The third-order valence-corrected chi connectivity index (χ3v) is 1.85. The van der Waals surface area contributed by atoms with Crippen molar-refractivity contribution in [2.45, 2.75) is 0 Å². The van der Waals surface area contributed by atoms with Crippen molar-refractivity contribution >= 4 is 11.7 Å². The molecular weight excluding hydrogens is 218 g/mol. The van der Waals surface area contributed by atoms with Crippen molar-refractivity contribution < 1.29 is 0 Å². The van der Waals surface area contributed by atoms with E-state index in [0.717, 1.165) is 0 Å². The molecule has 0 aliphatic carbocycles. The summed E-state index contributed by atoms with van der Waals surface area (Å²) in [5, 5.41) is 7.70. The summed E-state index contributed by atoms with van der Waals surface area (Å²) in [5.74, 6) is 0.304. The molecule has 2 rings (SSSR count). The van der Waals surface area contributed by atoms with Crippen LogP contribution in [0.25, 0.3) is 0 Å². The number of amidine groups is 2. The van der Waals surface area contributed by atoms with Crippen molar-refractivity contribution in [3.63, 3.8) is 0 Å². The minimum atomic E-state index is -0.0580. The lowest BCUT2D eigenvalue weighted by atomic mass is 10.4. The summed E-state index contributed by atoms with van der Waals surface area (Å²) in [5.41, 5.74) is 6.06. The zero-order valence-electron chi connectivity index (χ0n) is 8.78. The summed E-state index contributed by atoms with van der Waals surface area (Å²) < 4.78 is 0. The van der Waals surface area contributed by atoms with Crippen LogP contribution >= 0.6 is 0 Å². The van der Waals surface area contributed by atoms with Gasteiger partial charge in [-0.05, 0) is 12.1 Å². The standard InChI is InChI=1S/C10H9N7/c11-8(7-2-5-13-6-16-7)17-9(12)10-14-3-1-4-15-10/h1-6H,(H3,11,12,17). The molecule has 7 heteroatoms. The van der Waals surface area contributed by atoms with Crippen LogP contribution in [-0.2, 0) is 0 Å². The van der Waals surface area contributed by atoms with E-state index in [-0.39, 0.29) is 17.5 Å². The minimum Gasteiger partial charge on any atom is -0.380 e. The molecule has 0 atom stereocenters. The van der Waals surface area contributed by atoms with Gasteiger partial charge in [0.2, 0.25) is 0 Å². The van der Waals surface area contributed by atoms with Crippen molar-refractivity contribution in [3.05, 3.63) is 48.6 Å². The maximum absolute atomic E-state index is 7.70. The van der Waals surface area contributed by atoms with Crippen LogP contribution in [-0.4, -0.2) is 31.6 Å². The zero-order valence-corrected chi connectivity index (χ0v) is 8.78. The summed E-state index contributed by atoms with van der Waals surface area (Å²) in [6, 6.07) is 3.25. The molecule has 2 aromatic heterocycles. The van der Waals surface area contributed by atoms with Crippen molar-refractivity contribution in [2.75, 3.05) is 0 Å². The van der Waals surface area contributed by atoms with Crippen molar-refractivity contribution in [1.82, 2.24) is 19.9 Å². The van der Waals surface area contributed by atoms with E-state index in [0.29, 0.717) is 5.69 Å². The van der Waals surface area contributed by atoms with Crippen molar-refractivity contribution in [2.24, 2.45) is 10.7 Å². The van der Waals surface area contributed by atoms with E-state index >= 15 is 0 Å². The van der Waals surface area contributed by atoms with Crippen LogP contribution in [0.3, 0.4) is 0 Å². The molecule has 0 fully saturated rings. The third kappa shape index (κ3) is 2.65. The Morgan fingerprint density at radius 1 is 1.18 bits per heavy atom. The zero-order chi connectivity index (χ0) is 12.1. The number of aliphatic imine (C=N–C) groups is 1. The molecule has 0 bridgehead atoms. The first-order chi connectivity index (χ1) is 8.27. The van der Waals surface area contributed by atoms with E-state index in [4.69, 9.17) is 11.1 Å². The first-order valence-electron chi connectivity index (χ1n) is 4.74. The van der Waals surface area contributed by atoms with Gasteiger partial charge in [0.15, 0.2) is 17.5 Å². The fraction of sp³-hybridized carbons (Fsp3) is 0. The molecule has 0 aliphatic heterocycles. The van der Waals surface area contributed by atoms with Gasteiger partial charge in [-0.1, -0.05) is 0 Å². The first kappa shape index (κ1) is 10.8. The smallest absolute Gasteiger partial charge is 0.195 e. The summed E-state index contributed by atoms with van der Waals surface area (Å²) in [7, 11) is 0. The van der Waals surface area contributed by atoms with Crippen LogP contribution in [0.1, 0.15) is 11.5 Å². The van der Waals surface area contributed by atoms with Gasteiger partial charge in [0, 0.05) is 18.6 Å². The highest BCUT2D eigenvalue weighted by molar-refractivity contribution is 6.07. The van der Waals surface area contributed by atoms with Gasteiger partial charge >= 0.3 is 0 Å². The van der Waals surface area contributed by atoms with Crippen molar-refractivity contribution in [1.29, 1.82) is 5.41 Å². The van der Waals surface area contributed by atoms with E-state index in [2.05, 4.69) is 24.9 Å². The highest BCUT2D eigenvalue weighted by Gasteiger charge is 2.05. The average Bonchev–Trinajstić information content (AvgIpc) is 2.40. The van der Waals surface area contributed by atoms with Gasteiger partial charge < -0.3 is 5.73 Å². The molecule has 0 saturated carbocycles. The van der Waals surface area contributed by atoms with Gasteiger partial charge in [-0.25, -0.2) is 24.9 Å².